The van der Waals surface area contributed by atoms with Crippen molar-refractivity contribution in [3.8, 4) is 22.3 Å². The van der Waals surface area contributed by atoms with Gasteiger partial charge >= 0.3 is 0 Å². The predicted molar refractivity (Wildman–Crippen MR) is 127 cm³/mol. The first kappa shape index (κ1) is 23.0. The van der Waals surface area contributed by atoms with E-state index in [1.807, 2.05) is 24.3 Å². The van der Waals surface area contributed by atoms with Crippen molar-refractivity contribution >= 4 is 10.8 Å². The molecule has 4 aromatic carbocycles. The maximum Gasteiger partial charge on any atom is 0.134 e. The van der Waals surface area contributed by atoms with Gasteiger partial charge in [-0.05, 0) is 76.2 Å². The summed E-state index contributed by atoms with van der Waals surface area (Å²) in [6.45, 7) is 2.21. The lowest BCUT2D eigenvalue weighted by Gasteiger charge is -2.11. The first-order valence-corrected chi connectivity index (χ1v) is 11.4. The summed E-state index contributed by atoms with van der Waals surface area (Å²) in [4.78, 5) is 0. The van der Waals surface area contributed by atoms with Crippen LogP contribution < -0.4 is 0 Å². The second kappa shape index (κ2) is 10.2. The molecule has 0 saturated carbocycles. The molecule has 0 unspecified atom stereocenters. The summed E-state index contributed by atoms with van der Waals surface area (Å²) >= 11 is 0. The van der Waals surface area contributed by atoms with E-state index in [2.05, 4.69) is 19.1 Å². The Balaban J connectivity index is 1.59. The van der Waals surface area contributed by atoms with Crippen molar-refractivity contribution in [2.75, 3.05) is 0 Å². The molecule has 0 N–H and O–H groups in total. The van der Waals surface area contributed by atoms with Gasteiger partial charge in [-0.1, -0.05) is 62.9 Å². The molecule has 4 aromatic rings. The van der Waals surface area contributed by atoms with Crippen molar-refractivity contribution < 1.29 is 17.6 Å². The zero-order chi connectivity index (χ0) is 23.4. The van der Waals surface area contributed by atoms with Crippen LogP contribution in [0.5, 0.6) is 0 Å². The van der Waals surface area contributed by atoms with E-state index in [0.717, 1.165) is 29.3 Å². The summed E-state index contributed by atoms with van der Waals surface area (Å²) in [6.07, 6.45) is 7.23. The minimum atomic E-state index is -0.886. The molecule has 0 fully saturated rings. The number of benzene rings is 4. The van der Waals surface area contributed by atoms with Crippen LogP contribution in [-0.4, -0.2) is 0 Å². The highest BCUT2D eigenvalue weighted by atomic mass is 19.1. The average Bonchev–Trinajstić information content (AvgIpc) is 2.77. The Labute approximate surface area is 191 Å². The van der Waals surface area contributed by atoms with Gasteiger partial charge in [0.1, 0.15) is 23.3 Å². The molecular formula is C29H26F4. The highest BCUT2D eigenvalue weighted by Crippen LogP contribution is 2.33. The van der Waals surface area contributed by atoms with E-state index in [4.69, 9.17) is 0 Å². The van der Waals surface area contributed by atoms with E-state index in [0.29, 0.717) is 17.2 Å². The molecule has 0 radical (unpaired) electrons. The maximum absolute atomic E-state index is 14.8. The van der Waals surface area contributed by atoms with Crippen molar-refractivity contribution in [2.45, 2.75) is 45.4 Å². The third-order valence-corrected chi connectivity index (χ3v) is 6.00. The highest BCUT2D eigenvalue weighted by molar-refractivity contribution is 5.88. The van der Waals surface area contributed by atoms with Crippen molar-refractivity contribution in [2.24, 2.45) is 0 Å². The molecule has 0 aliphatic rings. The minimum absolute atomic E-state index is 0.171. The van der Waals surface area contributed by atoms with Gasteiger partial charge in [0.05, 0.1) is 5.56 Å². The van der Waals surface area contributed by atoms with E-state index >= 15 is 0 Å². The molecule has 4 rings (SSSR count). The van der Waals surface area contributed by atoms with Gasteiger partial charge in [0.2, 0.25) is 0 Å². The predicted octanol–water partition coefficient (Wildman–Crippen LogP) is 9.24. The quantitative estimate of drug-likeness (QED) is 0.185. The van der Waals surface area contributed by atoms with Crippen LogP contribution in [0.1, 0.15) is 44.6 Å². The van der Waals surface area contributed by atoms with Crippen LogP contribution in [0.25, 0.3) is 33.0 Å². The van der Waals surface area contributed by atoms with Gasteiger partial charge in [0.25, 0.3) is 0 Å². The number of halogens is 4. The smallest absolute Gasteiger partial charge is 0.134 e. The van der Waals surface area contributed by atoms with Gasteiger partial charge in [0.15, 0.2) is 0 Å². The Morgan fingerprint density at radius 2 is 1.18 bits per heavy atom. The number of hydrogen-bond donors (Lipinski definition) is 0. The number of rotatable bonds is 8. The van der Waals surface area contributed by atoms with Crippen molar-refractivity contribution in [3.63, 3.8) is 0 Å². The molecule has 33 heavy (non-hydrogen) atoms. The minimum Gasteiger partial charge on any atom is -0.207 e. The highest BCUT2D eigenvalue weighted by Gasteiger charge is 2.16. The third kappa shape index (κ3) is 5.44. The fraction of sp³-hybridized carbons (Fsp3) is 0.241. The van der Waals surface area contributed by atoms with E-state index in [1.54, 1.807) is 0 Å². The van der Waals surface area contributed by atoms with Gasteiger partial charge in [0, 0.05) is 6.07 Å². The van der Waals surface area contributed by atoms with Crippen molar-refractivity contribution in [1.82, 2.24) is 0 Å². The van der Waals surface area contributed by atoms with Gasteiger partial charge < -0.3 is 0 Å². The molecule has 0 heterocycles. The number of aryl methyl sites for hydroxylation is 1. The third-order valence-electron chi connectivity index (χ3n) is 6.00. The molecule has 4 heteroatoms. The summed E-state index contributed by atoms with van der Waals surface area (Å²) < 4.78 is 56.7. The van der Waals surface area contributed by atoms with E-state index in [1.165, 1.54) is 49.8 Å². The summed E-state index contributed by atoms with van der Waals surface area (Å²) in [6, 6.07) is 16.9. The van der Waals surface area contributed by atoms with Gasteiger partial charge in [-0.3, -0.25) is 0 Å². The zero-order valence-corrected chi connectivity index (χ0v) is 18.6. The van der Waals surface area contributed by atoms with Crippen LogP contribution in [0.2, 0.25) is 0 Å². The number of hydrogen-bond acceptors (Lipinski definition) is 0. The lowest BCUT2D eigenvalue weighted by atomic mass is 9.96. The molecule has 0 aliphatic carbocycles. The molecule has 0 aliphatic heterocycles. The standard InChI is InChI=1S/C29H26F4/c1-2-3-4-5-6-7-19-8-9-21-13-22(11-10-20(21)12-19)23-16-27(32)29(28(33)17-23)24-14-25(30)18-26(31)15-24/h8-18H,2-7H2,1H3. The van der Waals surface area contributed by atoms with Gasteiger partial charge in [-0.2, -0.15) is 0 Å². The molecule has 0 bridgehead atoms. The van der Waals surface area contributed by atoms with Crippen LogP contribution in [0, 0.1) is 23.3 Å². The van der Waals surface area contributed by atoms with E-state index in [-0.39, 0.29) is 5.56 Å². The largest absolute Gasteiger partial charge is 0.207 e. The first-order chi connectivity index (χ1) is 15.9. The first-order valence-electron chi connectivity index (χ1n) is 11.4. The fourth-order valence-electron chi connectivity index (χ4n) is 4.28. The topological polar surface area (TPSA) is 0 Å². The Bertz CT molecular complexity index is 1230. The van der Waals surface area contributed by atoms with Crippen LogP contribution in [-0.2, 0) is 6.42 Å². The van der Waals surface area contributed by atoms with Gasteiger partial charge in [-0.25, -0.2) is 17.6 Å². The van der Waals surface area contributed by atoms with Crippen molar-refractivity contribution in [1.29, 1.82) is 0 Å². The monoisotopic (exact) mass is 450 g/mol. The van der Waals surface area contributed by atoms with Gasteiger partial charge in [-0.15, -0.1) is 0 Å². The van der Waals surface area contributed by atoms with Crippen LogP contribution in [0.4, 0.5) is 17.6 Å². The van der Waals surface area contributed by atoms with E-state index in [9.17, 15) is 17.6 Å². The van der Waals surface area contributed by atoms with E-state index < -0.39 is 28.8 Å². The Hall–Kier alpha value is -3.14. The normalized spacial score (nSPS) is 11.3. The molecule has 0 amide bonds. The van der Waals surface area contributed by atoms with Crippen LogP contribution in [0.3, 0.4) is 0 Å². The maximum atomic E-state index is 14.8. The molecular weight excluding hydrogens is 424 g/mol. The molecule has 0 spiro atoms. The lowest BCUT2D eigenvalue weighted by molar-refractivity contribution is 0.578. The molecule has 0 aromatic heterocycles. The summed E-state index contributed by atoms with van der Waals surface area (Å²) in [5.41, 5.74) is 1.71. The van der Waals surface area contributed by atoms with Crippen molar-refractivity contribution in [3.05, 3.63) is 95.6 Å². The SMILES string of the molecule is CCCCCCCc1ccc2cc(-c3cc(F)c(-c4cc(F)cc(F)c4)c(F)c3)ccc2c1. The zero-order valence-electron chi connectivity index (χ0n) is 18.6. The Kier molecular flexibility index (Phi) is 7.12. The molecule has 170 valence electrons. The lowest BCUT2D eigenvalue weighted by Crippen LogP contribution is -1.94. The Morgan fingerprint density at radius 3 is 1.88 bits per heavy atom. The fourth-order valence-corrected chi connectivity index (χ4v) is 4.28. The number of fused-ring (bicyclic) bond motifs is 1. The average molecular weight is 451 g/mol. The van der Waals surface area contributed by atoms with Crippen LogP contribution >= 0.6 is 0 Å². The summed E-state index contributed by atoms with van der Waals surface area (Å²) in [5, 5.41) is 2.07. The Morgan fingerprint density at radius 1 is 0.545 bits per heavy atom. The van der Waals surface area contributed by atoms with Crippen LogP contribution in [0.15, 0.2) is 66.7 Å². The molecule has 0 atom stereocenters. The summed E-state index contributed by atoms with van der Waals surface area (Å²) in [5.74, 6) is -3.51. The second-order valence-electron chi connectivity index (χ2n) is 8.53. The molecule has 0 saturated heterocycles. The summed E-state index contributed by atoms with van der Waals surface area (Å²) in [7, 11) is 0. The second-order valence-corrected chi connectivity index (χ2v) is 8.53. The number of unbranched alkanes of at least 4 members (excludes halogenated alkanes) is 4. The molecule has 0 nitrogen and oxygen atoms in total.